The van der Waals surface area contributed by atoms with Gasteiger partial charge in [0.05, 0.1) is 62.4 Å². The Morgan fingerprint density at radius 1 is 0.549 bits per heavy atom. The zero-order valence-electron chi connectivity index (χ0n) is 28.4. The zero-order chi connectivity index (χ0) is 33.7. The van der Waals surface area contributed by atoms with Crippen LogP contribution in [0.15, 0.2) is 97.8 Å². The minimum atomic E-state index is -0.161. The van der Waals surface area contributed by atoms with Crippen molar-refractivity contribution in [2.24, 2.45) is 0 Å². The molecule has 11 aromatic rings. The highest BCUT2D eigenvalue weighted by molar-refractivity contribution is 6.99. The molecular formula is C43H28BN7. The van der Waals surface area contributed by atoms with Crippen molar-refractivity contribution in [2.75, 3.05) is 0 Å². The number of fused-ring (bicyclic) bond motifs is 18. The molecule has 0 unspecified atom stereocenters. The lowest BCUT2D eigenvalue weighted by atomic mass is 9.37. The highest BCUT2D eigenvalue weighted by Gasteiger charge is 2.46. The lowest BCUT2D eigenvalue weighted by Crippen LogP contribution is -2.61. The van der Waals surface area contributed by atoms with E-state index in [-0.39, 0.29) is 12.1 Å². The highest BCUT2D eigenvalue weighted by atomic mass is 15.1. The van der Waals surface area contributed by atoms with Gasteiger partial charge in [-0.3, -0.25) is 19.9 Å². The van der Waals surface area contributed by atoms with Crippen molar-refractivity contribution in [1.82, 2.24) is 33.5 Å². The first-order valence-corrected chi connectivity index (χ1v) is 17.7. The number of aromatic nitrogens is 7. The molecule has 7 nitrogen and oxygen atoms in total. The average Bonchev–Trinajstić information content (AvgIpc) is 3.86. The zero-order valence-corrected chi connectivity index (χ0v) is 28.4. The van der Waals surface area contributed by atoms with Gasteiger partial charge >= 0.3 is 0 Å². The van der Waals surface area contributed by atoms with Crippen molar-refractivity contribution >= 4 is 105 Å². The normalized spacial score (nSPS) is 13.8. The van der Waals surface area contributed by atoms with Crippen LogP contribution in [-0.2, 0) is 5.41 Å². The van der Waals surface area contributed by atoms with Gasteiger partial charge in [0.15, 0.2) is 0 Å². The van der Waals surface area contributed by atoms with Gasteiger partial charge in [0.2, 0.25) is 0 Å². The van der Waals surface area contributed by atoms with Gasteiger partial charge in [-0.1, -0.05) is 38.5 Å². The van der Waals surface area contributed by atoms with Crippen molar-refractivity contribution in [1.29, 1.82) is 0 Å². The van der Waals surface area contributed by atoms with Gasteiger partial charge in [-0.15, -0.1) is 0 Å². The van der Waals surface area contributed by atoms with E-state index in [1.807, 2.05) is 37.2 Å². The van der Waals surface area contributed by atoms with E-state index in [9.17, 15) is 0 Å². The molecule has 0 spiro atoms. The second-order valence-corrected chi connectivity index (χ2v) is 15.6. The van der Waals surface area contributed by atoms with Crippen molar-refractivity contribution in [3.8, 4) is 11.4 Å². The number of aryl methyl sites for hydroxylation is 1. The van der Waals surface area contributed by atoms with E-state index in [0.717, 1.165) is 22.2 Å². The summed E-state index contributed by atoms with van der Waals surface area (Å²) in [6, 6.07) is 22.7. The van der Waals surface area contributed by atoms with Crippen molar-refractivity contribution in [2.45, 2.75) is 33.1 Å². The fourth-order valence-corrected chi connectivity index (χ4v) is 9.97. The van der Waals surface area contributed by atoms with Gasteiger partial charge in [-0.25, -0.2) is 0 Å². The summed E-state index contributed by atoms with van der Waals surface area (Å²) in [5, 5.41) is 9.80. The van der Waals surface area contributed by atoms with Gasteiger partial charge in [0.1, 0.15) is 0 Å². The topological polar surface area (TPSA) is 65.8 Å². The maximum atomic E-state index is 5.31. The fraction of sp³-hybridized carbons (Fsp3) is 0.116. The van der Waals surface area contributed by atoms with Crippen LogP contribution in [-0.4, -0.2) is 40.2 Å². The maximum absolute atomic E-state index is 5.31. The molecule has 0 aliphatic carbocycles. The maximum Gasteiger partial charge on any atom is 0.298 e. The Balaban J connectivity index is 1.39. The van der Waals surface area contributed by atoms with E-state index in [0.29, 0.717) is 0 Å². The van der Waals surface area contributed by atoms with E-state index in [1.54, 1.807) is 0 Å². The Morgan fingerprint density at radius 2 is 1.10 bits per heavy atom. The Hall–Kier alpha value is -6.28. The summed E-state index contributed by atoms with van der Waals surface area (Å²) in [4.78, 5) is 19.9. The van der Waals surface area contributed by atoms with Gasteiger partial charge in [0, 0.05) is 79.1 Å². The number of benzene rings is 3. The molecule has 2 aliphatic rings. The van der Waals surface area contributed by atoms with Crippen molar-refractivity contribution < 1.29 is 0 Å². The van der Waals surface area contributed by atoms with E-state index < -0.39 is 0 Å². The number of pyridine rings is 4. The molecule has 13 rings (SSSR count). The second kappa shape index (κ2) is 8.36. The summed E-state index contributed by atoms with van der Waals surface area (Å²) in [6.45, 7) is 8.90. The third kappa shape index (κ3) is 2.84. The monoisotopic (exact) mass is 653 g/mol. The minimum Gasteiger partial charge on any atom is -0.308 e. The van der Waals surface area contributed by atoms with Crippen LogP contribution in [0.3, 0.4) is 0 Å². The second-order valence-electron chi connectivity index (χ2n) is 15.6. The lowest BCUT2D eigenvalue weighted by molar-refractivity contribution is 0.591. The molecule has 0 fully saturated rings. The number of nitrogens with zero attached hydrogens (tertiary/aromatic N) is 7. The SMILES string of the molecule is Cc1ccc2c(c1)c1ccnc3c1n2-c1c2c(c4c5ccncc5n5c6cnccc6c1c45)-n1c4ccc(C(C)(C)C)cc4c4ccnc(c41)B23. The first-order chi connectivity index (χ1) is 24.9. The summed E-state index contributed by atoms with van der Waals surface area (Å²) in [6.07, 6.45) is 11.9. The Bertz CT molecular complexity index is 3430. The summed E-state index contributed by atoms with van der Waals surface area (Å²) in [5.74, 6) is 0. The summed E-state index contributed by atoms with van der Waals surface area (Å²) >= 11 is 0. The van der Waals surface area contributed by atoms with Gasteiger partial charge in [-0.2, -0.15) is 0 Å². The van der Waals surface area contributed by atoms with Crippen molar-refractivity contribution in [3.63, 3.8) is 0 Å². The first kappa shape index (κ1) is 26.6. The van der Waals surface area contributed by atoms with Gasteiger partial charge < -0.3 is 13.5 Å². The average molecular weight is 654 g/mol. The molecule has 2 aliphatic heterocycles. The Labute approximate surface area is 291 Å². The van der Waals surface area contributed by atoms with Crippen LogP contribution < -0.4 is 16.6 Å². The smallest absolute Gasteiger partial charge is 0.298 e. The first-order valence-electron chi connectivity index (χ1n) is 17.7. The van der Waals surface area contributed by atoms with E-state index in [2.05, 4.69) is 112 Å². The molecule has 0 bridgehead atoms. The van der Waals surface area contributed by atoms with Gasteiger partial charge in [-0.05, 0) is 71.9 Å². The molecule has 0 N–H and O–H groups in total. The van der Waals surface area contributed by atoms with Crippen LogP contribution in [0, 0.1) is 6.92 Å². The van der Waals surface area contributed by atoms with Crippen LogP contribution in [0.2, 0.25) is 0 Å². The van der Waals surface area contributed by atoms with Crippen LogP contribution >= 0.6 is 0 Å². The molecule has 0 saturated carbocycles. The summed E-state index contributed by atoms with van der Waals surface area (Å²) in [7, 11) is 0. The predicted molar refractivity (Wildman–Crippen MR) is 209 cm³/mol. The molecule has 0 atom stereocenters. The molecule has 51 heavy (non-hydrogen) atoms. The van der Waals surface area contributed by atoms with Crippen LogP contribution in [0.25, 0.3) is 93.1 Å². The molecule has 0 radical (unpaired) electrons. The molecule has 8 aromatic heterocycles. The Kier molecular flexibility index (Phi) is 4.35. The molecule has 10 heterocycles. The fourth-order valence-electron chi connectivity index (χ4n) is 9.97. The molecular weight excluding hydrogens is 625 g/mol. The molecule has 3 aromatic carbocycles. The quantitative estimate of drug-likeness (QED) is 0.161. The highest BCUT2D eigenvalue weighted by Crippen LogP contribution is 2.49. The van der Waals surface area contributed by atoms with Crippen LogP contribution in [0.1, 0.15) is 31.9 Å². The number of hydrogen-bond donors (Lipinski definition) is 0. The molecule has 0 amide bonds. The van der Waals surface area contributed by atoms with Crippen molar-refractivity contribution in [3.05, 3.63) is 109 Å². The van der Waals surface area contributed by atoms with E-state index in [1.165, 1.54) is 98.6 Å². The van der Waals surface area contributed by atoms with E-state index in [4.69, 9.17) is 9.97 Å². The lowest BCUT2D eigenvalue weighted by Gasteiger charge is -2.33. The number of hydrogen-bond acceptors (Lipinski definition) is 4. The van der Waals surface area contributed by atoms with Gasteiger partial charge in [0.25, 0.3) is 6.71 Å². The summed E-state index contributed by atoms with van der Waals surface area (Å²) in [5.41, 5.74) is 16.5. The third-order valence-corrected chi connectivity index (χ3v) is 12.0. The minimum absolute atomic E-state index is 0.0127. The molecule has 0 saturated heterocycles. The van der Waals surface area contributed by atoms with E-state index >= 15 is 0 Å². The third-order valence-electron chi connectivity index (χ3n) is 12.0. The predicted octanol–water partition coefficient (Wildman–Crippen LogP) is 7.36. The largest absolute Gasteiger partial charge is 0.308 e. The summed E-state index contributed by atoms with van der Waals surface area (Å²) < 4.78 is 7.48. The number of rotatable bonds is 0. The molecule has 238 valence electrons. The van der Waals surface area contributed by atoms with Crippen LogP contribution in [0.5, 0.6) is 0 Å². The Morgan fingerprint density at radius 3 is 1.69 bits per heavy atom. The molecule has 8 heteroatoms. The standard InChI is InChI=1S/C43H28BN7/c1-21-5-7-29-27(17-21)23-11-15-47-41-36(23)50(29)39-33-25-9-13-45-19-31(25)49-32-20-46-14-10-26(32)34(38(33)49)40-35(39)44(41)42-37-24(12-16-48-42)28-18-22(43(2,3)4)6-8-30(28)51(37)40/h5-20H,1-4H3. The van der Waals surface area contributed by atoms with Crippen LogP contribution in [0.4, 0.5) is 0 Å².